The van der Waals surface area contributed by atoms with Gasteiger partial charge in [0.05, 0.1) is 5.69 Å². The van der Waals surface area contributed by atoms with Gasteiger partial charge in [0.15, 0.2) is 0 Å². The quantitative estimate of drug-likeness (QED) is 0.845. The van der Waals surface area contributed by atoms with Crippen molar-refractivity contribution in [3.05, 3.63) is 50.7 Å². The molecule has 0 aliphatic rings. The Morgan fingerprint density at radius 1 is 1.32 bits per heavy atom. The van der Waals surface area contributed by atoms with Crippen molar-refractivity contribution in [2.75, 3.05) is 6.54 Å². The Bertz CT molecular complexity index is 551. The van der Waals surface area contributed by atoms with Crippen LogP contribution in [0.1, 0.15) is 24.2 Å². The molecule has 1 atom stereocenters. The Hall–Kier alpha value is -0.650. The van der Waals surface area contributed by atoms with Gasteiger partial charge in [-0.05, 0) is 30.7 Å². The summed E-state index contributed by atoms with van der Waals surface area (Å²) in [5, 5.41) is 7.89. The SMILES string of the molecule is CC(NCCc1ccn(C)n1)c1ccc(Br)cc1Br. The summed E-state index contributed by atoms with van der Waals surface area (Å²) in [4.78, 5) is 0. The van der Waals surface area contributed by atoms with Crippen LogP contribution in [-0.4, -0.2) is 16.3 Å². The van der Waals surface area contributed by atoms with Crippen molar-refractivity contribution in [1.29, 1.82) is 0 Å². The number of benzene rings is 1. The van der Waals surface area contributed by atoms with Gasteiger partial charge in [-0.3, -0.25) is 4.68 Å². The van der Waals surface area contributed by atoms with E-state index in [4.69, 9.17) is 0 Å². The molecule has 1 unspecified atom stereocenters. The molecule has 0 fully saturated rings. The fourth-order valence-electron chi connectivity index (χ4n) is 1.98. The van der Waals surface area contributed by atoms with E-state index in [2.05, 4.69) is 73.5 Å². The molecule has 1 heterocycles. The van der Waals surface area contributed by atoms with Crippen LogP contribution in [0, 0.1) is 0 Å². The number of aromatic nitrogens is 2. The average Bonchev–Trinajstić information content (AvgIpc) is 2.75. The zero-order chi connectivity index (χ0) is 13.8. The zero-order valence-electron chi connectivity index (χ0n) is 11.0. The minimum atomic E-state index is 0.311. The molecule has 0 saturated carbocycles. The molecular weight excluding hydrogens is 370 g/mol. The van der Waals surface area contributed by atoms with Crippen LogP contribution in [-0.2, 0) is 13.5 Å². The first kappa shape index (κ1) is 14.8. The van der Waals surface area contributed by atoms with Gasteiger partial charge >= 0.3 is 0 Å². The highest BCUT2D eigenvalue weighted by Crippen LogP contribution is 2.26. The van der Waals surface area contributed by atoms with E-state index in [1.54, 1.807) is 0 Å². The topological polar surface area (TPSA) is 29.9 Å². The maximum absolute atomic E-state index is 4.37. The van der Waals surface area contributed by atoms with Crippen LogP contribution < -0.4 is 5.32 Å². The molecule has 2 aromatic rings. The van der Waals surface area contributed by atoms with Crippen molar-refractivity contribution in [2.45, 2.75) is 19.4 Å². The highest BCUT2D eigenvalue weighted by atomic mass is 79.9. The van der Waals surface area contributed by atoms with Gasteiger partial charge in [-0.2, -0.15) is 5.10 Å². The summed E-state index contributed by atoms with van der Waals surface area (Å²) >= 11 is 7.07. The summed E-state index contributed by atoms with van der Waals surface area (Å²) < 4.78 is 4.05. The molecule has 19 heavy (non-hydrogen) atoms. The summed E-state index contributed by atoms with van der Waals surface area (Å²) in [7, 11) is 1.94. The van der Waals surface area contributed by atoms with E-state index in [9.17, 15) is 0 Å². The van der Waals surface area contributed by atoms with Gasteiger partial charge in [-0.25, -0.2) is 0 Å². The molecule has 1 aromatic carbocycles. The molecule has 0 amide bonds. The first-order valence-corrected chi connectivity index (χ1v) is 7.81. The molecule has 0 aliphatic carbocycles. The van der Waals surface area contributed by atoms with E-state index in [1.807, 2.05) is 17.9 Å². The second-order valence-corrected chi connectivity index (χ2v) is 6.34. The number of nitrogens with one attached hydrogen (secondary N) is 1. The Morgan fingerprint density at radius 3 is 2.74 bits per heavy atom. The van der Waals surface area contributed by atoms with Crippen LogP contribution in [0.2, 0.25) is 0 Å². The second kappa shape index (κ2) is 6.68. The predicted molar refractivity (Wildman–Crippen MR) is 85.2 cm³/mol. The molecular formula is C14H17Br2N3. The van der Waals surface area contributed by atoms with Crippen molar-refractivity contribution in [3.63, 3.8) is 0 Å². The van der Waals surface area contributed by atoms with Crippen molar-refractivity contribution >= 4 is 31.9 Å². The minimum Gasteiger partial charge on any atom is -0.310 e. The summed E-state index contributed by atoms with van der Waals surface area (Å²) in [5.74, 6) is 0. The third kappa shape index (κ3) is 4.16. The Kier molecular flexibility index (Phi) is 5.19. The molecule has 0 radical (unpaired) electrons. The Morgan fingerprint density at radius 2 is 2.11 bits per heavy atom. The molecule has 0 bridgehead atoms. The van der Waals surface area contributed by atoms with E-state index >= 15 is 0 Å². The number of halogens is 2. The lowest BCUT2D eigenvalue weighted by molar-refractivity contribution is 0.569. The van der Waals surface area contributed by atoms with Crippen molar-refractivity contribution in [2.24, 2.45) is 7.05 Å². The van der Waals surface area contributed by atoms with Crippen LogP contribution in [0.25, 0.3) is 0 Å². The Balaban J connectivity index is 1.88. The largest absolute Gasteiger partial charge is 0.310 e. The maximum Gasteiger partial charge on any atom is 0.0637 e. The third-order valence-electron chi connectivity index (χ3n) is 3.03. The zero-order valence-corrected chi connectivity index (χ0v) is 14.2. The van der Waals surface area contributed by atoms with Crippen LogP contribution in [0.15, 0.2) is 39.4 Å². The maximum atomic E-state index is 4.37. The van der Waals surface area contributed by atoms with Crippen molar-refractivity contribution < 1.29 is 0 Å². The number of hydrogen-bond donors (Lipinski definition) is 1. The highest BCUT2D eigenvalue weighted by Gasteiger charge is 2.09. The van der Waals surface area contributed by atoms with E-state index in [0.29, 0.717) is 6.04 Å². The van der Waals surface area contributed by atoms with Crippen molar-refractivity contribution in [3.8, 4) is 0 Å². The summed E-state index contributed by atoms with van der Waals surface area (Å²) in [6, 6.07) is 8.64. The molecule has 1 N–H and O–H groups in total. The standard InChI is InChI=1S/C14H17Br2N3/c1-10(13-4-3-11(15)9-14(13)16)17-7-5-12-6-8-19(2)18-12/h3-4,6,8-10,17H,5,7H2,1-2H3. The molecule has 3 nitrogen and oxygen atoms in total. The van der Waals surface area contributed by atoms with Gasteiger partial charge in [-0.15, -0.1) is 0 Å². The van der Waals surface area contributed by atoms with E-state index < -0.39 is 0 Å². The minimum absolute atomic E-state index is 0.311. The average molecular weight is 387 g/mol. The molecule has 0 saturated heterocycles. The fourth-order valence-corrected chi connectivity index (χ4v) is 3.37. The second-order valence-electron chi connectivity index (χ2n) is 4.57. The number of hydrogen-bond acceptors (Lipinski definition) is 2. The van der Waals surface area contributed by atoms with Crippen LogP contribution in [0.5, 0.6) is 0 Å². The van der Waals surface area contributed by atoms with Gasteiger partial charge in [0.1, 0.15) is 0 Å². The van der Waals surface area contributed by atoms with Crippen molar-refractivity contribution in [1.82, 2.24) is 15.1 Å². The first-order chi connectivity index (χ1) is 9.06. The van der Waals surface area contributed by atoms with E-state index in [1.165, 1.54) is 5.56 Å². The lowest BCUT2D eigenvalue weighted by Crippen LogP contribution is -2.21. The fraction of sp³-hybridized carbons (Fsp3) is 0.357. The monoisotopic (exact) mass is 385 g/mol. The van der Waals surface area contributed by atoms with Crippen LogP contribution >= 0.6 is 31.9 Å². The van der Waals surface area contributed by atoms with Gasteiger partial charge < -0.3 is 5.32 Å². The lowest BCUT2D eigenvalue weighted by Gasteiger charge is -2.15. The third-order valence-corrected chi connectivity index (χ3v) is 4.21. The molecule has 1 aromatic heterocycles. The molecule has 2 rings (SSSR count). The smallest absolute Gasteiger partial charge is 0.0637 e. The summed E-state index contributed by atoms with van der Waals surface area (Å²) in [5.41, 5.74) is 2.39. The van der Waals surface area contributed by atoms with Gasteiger partial charge in [-0.1, -0.05) is 37.9 Å². The van der Waals surface area contributed by atoms with Gasteiger partial charge in [0, 0.05) is 41.2 Å². The lowest BCUT2D eigenvalue weighted by atomic mass is 10.1. The number of rotatable bonds is 5. The Labute approximate surface area is 130 Å². The molecule has 102 valence electrons. The number of nitrogens with zero attached hydrogens (tertiary/aromatic N) is 2. The molecule has 0 aliphatic heterocycles. The summed E-state index contributed by atoms with van der Waals surface area (Å²) in [6.07, 6.45) is 2.92. The van der Waals surface area contributed by atoms with Crippen LogP contribution in [0.4, 0.5) is 0 Å². The van der Waals surface area contributed by atoms with E-state index in [0.717, 1.165) is 27.6 Å². The normalized spacial score (nSPS) is 12.6. The first-order valence-electron chi connectivity index (χ1n) is 6.23. The number of aryl methyl sites for hydroxylation is 1. The van der Waals surface area contributed by atoms with Crippen LogP contribution in [0.3, 0.4) is 0 Å². The van der Waals surface area contributed by atoms with E-state index in [-0.39, 0.29) is 0 Å². The summed E-state index contributed by atoms with van der Waals surface area (Å²) in [6.45, 7) is 3.09. The molecule has 5 heteroatoms. The van der Waals surface area contributed by atoms with Gasteiger partial charge in [0.2, 0.25) is 0 Å². The highest BCUT2D eigenvalue weighted by molar-refractivity contribution is 9.11. The molecule has 0 spiro atoms. The predicted octanol–water partition coefficient (Wildman–Crippen LogP) is 3.84. The van der Waals surface area contributed by atoms with Gasteiger partial charge in [0.25, 0.3) is 0 Å².